The molecular weight excluding hydrogens is 334 g/mol. The Morgan fingerprint density at radius 2 is 1.95 bits per heavy atom. The van der Waals surface area contributed by atoms with Crippen LogP contribution in [0.5, 0.6) is 11.5 Å². The zero-order valence-corrected chi connectivity index (χ0v) is 12.6. The Hall–Kier alpha value is -2.27. The average Bonchev–Trinajstić information content (AvgIpc) is 2.95. The first-order chi connectivity index (χ1) is 10.2. The van der Waals surface area contributed by atoms with E-state index in [9.17, 15) is 4.79 Å². The Balaban J connectivity index is 1.68. The Bertz CT molecular complexity index is 712. The summed E-state index contributed by atoms with van der Waals surface area (Å²) in [6.45, 7) is 0.241. The van der Waals surface area contributed by atoms with Crippen molar-refractivity contribution in [2.75, 3.05) is 12.1 Å². The molecule has 5 heteroatoms. The van der Waals surface area contributed by atoms with E-state index in [1.165, 1.54) is 6.08 Å². The molecule has 2 aromatic carbocycles. The van der Waals surface area contributed by atoms with Crippen LogP contribution < -0.4 is 14.8 Å². The van der Waals surface area contributed by atoms with Gasteiger partial charge in [-0.15, -0.1) is 0 Å². The van der Waals surface area contributed by atoms with Crippen LogP contribution in [-0.4, -0.2) is 12.7 Å². The van der Waals surface area contributed by atoms with Gasteiger partial charge in [-0.1, -0.05) is 18.2 Å². The number of carbonyl (C=O) groups excluding carboxylic acids is 1. The van der Waals surface area contributed by atoms with Gasteiger partial charge >= 0.3 is 0 Å². The highest BCUT2D eigenvalue weighted by molar-refractivity contribution is 9.10. The third-order valence-electron chi connectivity index (χ3n) is 2.96. The number of benzene rings is 2. The smallest absolute Gasteiger partial charge is 0.248 e. The third-order valence-corrected chi connectivity index (χ3v) is 3.65. The van der Waals surface area contributed by atoms with Crippen molar-refractivity contribution in [2.45, 2.75) is 0 Å². The van der Waals surface area contributed by atoms with E-state index < -0.39 is 0 Å². The quantitative estimate of drug-likeness (QED) is 0.860. The molecule has 0 unspecified atom stereocenters. The SMILES string of the molecule is O=C(C=Cc1ccc2c(c1)OCO2)Nc1ccccc1Br. The van der Waals surface area contributed by atoms with Crippen molar-refractivity contribution in [3.05, 3.63) is 58.6 Å². The van der Waals surface area contributed by atoms with Crippen molar-refractivity contribution in [3.8, 4) is 11.5 Å². The Morgan fingerprint density at radius 3 is 2.81 bits per heavy atom. The van der Waals surface area contributed by atoms with E-state index in [4.69, 9.17) is 9.47 Å². The zero-order chi connectivity index (χ0) is 14.7. The zero-order valence-electron chi connectivity index (χ0n) is 11.0. The molecule has 0 radical (unpaired) electrons. The molecule has 0 bridgehead atoms. The second-order valence-electron chi connectivity index (χ2n) is 4.42. The van der Waals surface area contributed by atoms with Crippen molar-refractivity contribution in [2.24, 2.45) is 0 Å². The Labute approximate surface area is 130 Å². The molecule has 0 fully saturated rings. The van der Waals surface area contributed by atoms with Gasteiger partial charge in [0.25, 0.3) is 0 Å². The minimum absolute atomic E-state index is 0.195. The lowest BCUT2D eigenvalue weighted by atomic mass is 10.2. The Kier molecular flexibility index (Phi) is 3.92. The lowest BCUT2D eigenvalue weighted by molar-refractivity contribution is -0.111. The number of halogens is 1. The first-order valence-electron chi connectivity index (χ1n) is 6.35. The van der Waals surface area contributed by atoms with Crippen LogP contribution in [0.3, 0.4) is 0 Å². The number of fused-ring (bicyclic) bond motifs is 1. The van der Waals surface area contributed by atoms with Crippen LogP contribution in [0.2, 0.25) is 0 Å². The van der Waals surface area contributed by atoms with Gasteiger partial charge in [-0.2, -0.15) is 0 Å². The minimum atomic E-state index is -0.195. The van der Waals surface area contributed by atoms with Crippen molar-refractivity contribution in [3.63, 3.8) is 0 Å². The maximum atomic E-state index is 11.9. The fourth-order valence-electron chi connectivity index (χ4n) is 1.93. The average molecular weight is 346 g/mol. The highest BCUT2D eigenvalue weighted by atomic mass is 79.9. The maximum Gasteiger partial charge on any atom is 0.248 e. The van der Waals surface area contributed by atoms with Crippen LogP contribution in [-0.2, 0) is 4.79 Å². The van der Waals surface area contributed by atoms with Crippen molar-refractivity contribution < 1.29 is 14.3 Å². The van der Waals surface area contributed by atoms with E-state index in [0.29, 0.717) is 5.75 Å². The standard InChI is InChI=1S/C16H12BrNO3/c17-12-3-1-2-4-13(12)18-16(19)8-6-11-5-7-14-15(9-11)21-10-20-14/h1-9H,10H2,(H,18,19). The van der Waals surface area contributed by atoms with Gasteiger partial charge in [0, 0.05) is 10.5 Å². The summed E-state index contributed by atoms with van der Waals surface area (Å²) >= 11 is 3.39. The summed E-state index contributed by atoms with van der Waals surface area (Å²) in [5.74, 6) is 1.23. The molecule has 1 aliphatic heterocycles. The molecular formula is C16H12BrNO3. The first kappa shape index (κ1) is 13.7. The third kappa shape index (κ3) is 3.25. The molecule has 0 aliphatic carbocycles. The maximum absolute atomic E-state index is 11.9. The summed E-state index contributed by atoms with van der Waals surface area (Å²) in [5, 5.41) is 2.80. The molecule has 0 spiro atoms. The van der Waals surface area contributed by atoms with Crippen molar-refractivity contribution >= 4 is 33.6 Å². The largest absolute Gasteiger partial charge is 0.454 e. The molecule has 4 nitrogen and oxygen atoms in total. The molecule has 0 saturated heterocycles. The number of ether oxygens (including phenoxy) is 2. The van der Waals surface area contributed by atoms with Crippen LogP contribution in [0, 0.1) is 0 Å². The van der Waals surface area contributed by atoms with Gasteiger partial charge in [0.1, 0.15) is 0 Å². The van der Waals surface area contributed by atoms with Gasteiger partial charge in [0.15, 0.2) is 11.5 Å². The summed E-state index contributed by atoms with van der Waals surface area (Å²) in [6.07, 6.45) is 3.21. The number of amides is 1. The molecule has 1 aliphatic rings. The van der Waals surface area contributed by atoms with Gasteiger partial charge in [-0.3, -0.25) is 4.79 Å². The van der Waals surface area contributed by atoms with Gasteiger partial charge in [-0.05, 0) is 51.8 Å². The summed E-state index contributed by atoms with van der Waals surface area (Å²) in [4.78, 5) is 11.9. The highest BCUT2D eigenvalue weighted by Crippen LogP contribution is 2.32. The van der Waals surface area contributed by atoms with Gasteiger partial charge in [0.05, 0.1) is 5.69 Å². The predicted octanol–water partition coefficient (Wildman–Crippen LogP) is 3.83. The first-order valence-corrected chi connectivity index (χ1v) is 7.15. The number of rotatable bonds is 3. The molecule has 0 saturated carbocycles. The van der Waals surface area contributed by atoms with Crippen LogP contribution >= 0.6 is 15.9 Å². The van der Waals surface area contributed by atoms with Crippen LogP contribution in [0.1, 0.15) is 5.56 Å². The molecule has 1 heterocycles. The Morgan fingerprint density at radius 1 is 1.14 bits per heavy atom. The number of para-hydroxylation sites is 1. The van der Waals surface area contributed by atoms with Gasteiger partial charge in [0.2, 0.25) is 12.7 Å². The fourth-order valence-corrected chi connectivity index (χ4v) is 2.31. The van der Waals surface area contributed by atoms with Crippen molar-refractivity contribution in [1.29, 1.82) is 0 Å². The monoisotopic (exact) mass is 345 g/mol. The van der Waals surface area contributed by atoms with Crippen LogP contribution in [0.25, 0.3) is 6.08 Å². The minimum Gasteiger partial charge on any atom is -0.454 e. The van der Waals surface area contributed by atoms with Gasteiger partial charge < -0.3 is 14.8 Å². The normalized spacial score (nSPS) is 12.6. The van der Waals surface area contributed by atoms with Crippen molar-refractivity contribution in [1.82, 2.24) is 0 Å². The second-order valence-corrected chi connectivity index (χ2v) is 5.27. The van der Waals surface area contributed by atoms with E-state index in [2.05, 4.69) is 21.2 Å². The number of carbonyl (C=O) groups is 1. The lowest BCUT2D eigenvalue weighted by Crippen LogP contribution is -2.07. The van der Waals surface area contributed by atoms with E-state index in [1.807, 2.05) is 42.5 Å². The summed E-state index contributed by atoms with van der Waals surface area (Å²) in [5.41, 5.74) is 1.61. The van der Waals surface area contributed by atoms with E-state index >= 15 is 0 Å². The topological polar surface area (TPSA) is 47.6 Å². The number of nitrogens with one attached hydrogen (secondary N) is 1. The molecule has 1 N–H and O–H groups in total. The fraction of sp³-hybridized carbons (Fsp3) is 0.0625. The molecule has 2 aromatic rings. The molecule has 0 aromatic heterocycles. The van der Waals surface area contributed by atoms with Crippen LogP contribution in [0.15, 0.2) is 53.0 Å². The predicted molar refractivity (Wildman–Crippen MR) is 84.4 cm³/mol. The van der Waals surface area contributed by atoms with E-state index in [-0.39, 0.29) is 12.7 Å². The van der Waals surface area contributed by atoms with Gasteiger partial charge in [-0.25, -0.2) is 0 Å². The van der Waals surface area contributed by atoms with E-state index in [0.717, 1.165) is 21.5 Å². The number of hydrogen-bond acceptors (Lipinski definition) is 3. The molecule has 21 heavy (non-hydrogen) atoms. The second kappa shape index (κ2) is 6.01. The summed E-state index contributed by atoms with van der Waals surface area (Å²) in [6, 6.07) is 13.0. The molecule has 3 rings (SSSR count). The summed E-state index contributed by atoms with van der Waals surface area (Å²) < 4.78 is 11.4. The van der Waals surface area contributed by atoms with Crippen LogP contribution in [0.4, 0.5) is 5.69 Å². The highest BCUT2D eigenvalue weighted by Gasteiger charge is 2.12. The molecule has 1 amide bonds. The lowest BCUT2D eigenvalue weighted by Gasteiger charge is -2.04. The molecule has 106 valence electrons. The number of anilines is 1. The molecule has 0 atom stereocenters. The van der Waals surface area contributed by atoms with E-state index in [1.54, 1.807) is 6.08 Å². The number of hydrogen-bond donors (Lipinski definition) is 1. The summed E-state index contributed by atoms with van der Waals surface area (Å²) in [7, 11) is 0.